The molecule has 3 aromatic rings. The first-order chi connectivity index (χ1) is 26.6. The van der Waals surface area contributed by atoms with Gasteiger partial charge in [0.15, 0.2) is 0 Å². The number of allylic oxidation sites excluding steroid dienone is 1. The minimum atomic E-state index is -1.65. The molecule has 4 fully saturated rings. The second-order valence-electron chi connectivity index (χ2n) is 19.1. The topological polar surface area (TPSA) is 6.48 Å². The van der Waals surface area contributed by atoms with Crippen LogP contribution in [0.5, 0.6) is 0 Å². The molecule has 306 valence electrons. The minimum absolute atomic E-state index is 0. The first-order valence-electron chi connectivity index (χ1n) is 23.0. The molecular formula is C52H75N2PRu. The fourth-order valence-electron chi connectivity index (χ4n) is 11.7. The Morgan fingerprint density at radius 3 is 1.32 bits per heavy atom. The predicted molar refractivity (Wildman–Crippen MR) is 245 cm³/mol. The largest absolute Gasteiger partial charge is 0.325 e. The van der Waals surface area contributed by atoms with Gasteiger partial charge in [0.25, 0.3) is 0 Å². The zero-order valence-electron chi connectivity index (χ0n) is 36.5. The molecule has 1 atom stereocenters. The maximum atomic E-state index is 3.04. The van der Waals surface area contributed by atoms with Crippen molar-refractivity contribution < 1.29 is 19.5 Å². The number of anilines is 2. The molecule has 3 saturated carbocycles. The molecule has 0 spiro atoms. The van der Waals surface area contributed by atoms with Crippen LogP contribution in [-0.2, 0) is 19.5 Å². The van der Waals surface area contributed by atoms with Crippen molar-refractivity contribution in [1.29, 1.82) is 0 Å². The Morgan fingerprint density at radius 2 is 0.911 bits per heavy atom. The third-order valence-corrected chi connectivity index (χ3v) is 20.2. The van der Waals surface area contributed by atoms with E-state index in [9.17, 15) is 0 Å². The summed E-state index contributed by atoms with van der Waals surface area (Å²) in [5, 5.41) is 0. The van der Waals surface area contributed by atoms with E-state index in [0.29, 0.717) is 29.3 Å². The van der Waals surface area contributed by atoms with Crippen LogP contribution in [0.2, 0.25) is 0 Å². The number of nitrogens with zero attached hydrogens (tertiary/aromatic N) is 2. The van der Waals surface area contributed by atoms with Gasteiger partial charge in [-0.25, -0.2) is 0 Å². The van der Waals surface area contributed by atoms with Crippen LogP contribution < -0.4 is 9.80 Å². The molecule has 1 heterocycles. The fraction of sp³-hybridized carbons (Fsp3) is 0.596. The van der Waals surface area contributed by atoms with Gasteiger partial charge in [-0.3, -0.25) is 0 Å². The van der Waals surface area contributed by atoms with Crippen LogP contribution in [0, 0.1) is 0 Å². The van der Waals surface area contributed by atoms with E-state index in [-0.39, 0.29) is 19.5 Å². The van der Waals surface area contributed by atoms with Crippen LogP contribution in [0.4, 0.5) is 11.4 Å². The zero-order chi connectivity index (χ0) is 38.7. The van der Waals surface area contributed by atoms with E-state index in [4.69, 9.17) is 0 Å². The Balaban J connectivity index is 0.00000532. The summed E-state index contributed by atoms with van der Waals surface area (Å²) in [6, 6.07) is 26.3. The van der Waals surface area contributed by atoms with E-state index in [1.54, 1.807) is 5.82 Å². The Morgan fingerprint density at radius 1 is 0.500 bits per heavy atom. The molecule has 4 heteroatoms. The third kappa shape index (κ3) is 8.63. The monoisotopic (exact) mass is 860 g/mol. The quantitative estimate of drug-likeness (QED) is 0.148. The normalized spacial score (nSPS) is 20.5. The van der Waals surface area contributed by atoms with Gasteiger partial charge < -0.3 is 9.80 Å². The van der Waals surface area contributed by atoms with Gasteiger partial charge in [-0.15, -0.1) is 0 Å². The second-order valence-corrected chi connectivity index (χ2v) is 23.3. The van der Waals surface area contributed by atoms with E-state index in [1.807, 2.05) is 5.57 Å². The van der Waals surface area contributed by atoms with E-state index >= 15 is 0 Å². The standard InChI is InChI=1S/C52H75N2P.Ru/c1-37(2)44-29-20-30-45(38(3)4)50(44)53-34-35-54(51-46(39(5)6)31-21-32-47(51)40(7)8)52(53)48-28-18-19-33-49(48)55(42-24-14-10-15-25-42,43-26-16-11-17-27-43)36-41-22-12-9-13-23-41;/h9,12-13,20-23,29-32,36-40,42-43,49H,10-11,14-19,24-28,33-35H2,1-8H3;. The maximum absolute atomic E-state index is 3.04. The number of hydrogen-bond acceptors (Lipinski definition) is 2. The minimum Gasteiger partial charge on any atom is -0.325 e. The Kier molecular flexibility index (Phi) is 15.0. The number of benzene rings is 3. The average molecular weight is 860 g/mol. The Hall–Kier alpha value is -2.08. The molecule has 7 rings (SSSR count). The van der Waals surface area contributed by atoms with Crippen LogP contribution in [0.15, 0.2) is 78.1 Å². The Labute approximate surface area is 356 Å². The van der Waals surface area contributed by atoms with Gasteiger partial charge in [0, 0.05) is 49.6 Å². The third-order valence-electron chi connectivity index (χ3n) is 14.3. The molecule has 1 aliphatic heterocycles. The molecule has 56 heavy (non-hydrogen) atoms. The average Bonchev–Trinajstić information content (AvgIpc) is 3.64. The van der Waals surface area contributed by atoms with Crippen molar-refractivity contribution in [2.75, 3.05) is 22.9 Å². The summed E-state index contributed by atoms with van der Waals surface area (Å²) in [4.78, 5) is 5.86. The molecule has 1 unspecified atom stereocenters. The van der Waals surface area contributed by atoms with Crippen LogP contribution >= 0.6 is 6.89 Å². The first kappa shape index (κ1) is 43.5. The molecule has 4 aliphatic rings. The van der Waals surface area contributed by atoms with Gasteiger partial charge in [0.1, 0.15) is 5.82 Å². The molecule has 0 radical (unpaired) electrons. The summed E-state index contributed by atoms with van der Waals surface area (Å²) in [5.41, 5.74) is 14.9. The van der Waals surface area contributed by atoms with Crippen LogP contribution in [0.1, 0.15) is 197 Å². The van der Waals surface area contributed by atoms with Crippen molar-refractivity contribution in [3.8, 4) is 0 Å². The van der Waals surface area contributed by atoms with Crippen molar-refractivity contribution in [2.24, 2.45) is 0 Å². The van der Waals surface area contributed by atoms with Gasteiger partial charge in [0.05, 0.1) is 0 Å². The van der Waals surface area contributed by atoms with Crippen molar-refractivity contribution in [1.82, 2.24) is 0 Å². The molecular weight excluding hydrogens is 785 g/mol. The van der Waals surface area contributed by atoms with Crippen molar-refractivity contribution in [2.45, 2.75) is 186 Å². The SMILES string of the molecule is CC(C)c1cccc(C(C)C)c1N1CCN(c2c(C(C)C)cccc2C(C)C)C1=C1CCCCC1P(=Cc1ccccc1)(C1CCCCC1)C1CCCCC1.[Ru]. The van der Waals surface area contributed by atoms with Crippen molar-refractivity contribution in [3.63, 3.8) is 0 Å². The summed E-state index contributed by atoms with van der Waals surface area (Å²) < 4.78 is 0. The number of hydrogen-bond donors (Lipinski definition) is 0. The van der Waals surface area contributed by atoms with Crippen molar-refractivity contribution in [3.05, 3.63) is 106 Å². The molecule has 3 aliphatic carbocycles. The van der Waals surface area contributed by atoms with Gasteiger partial charge in [-0.2, -0.15) is 0 Å². The van der Waals surface area contributed by atoms with E-state index in [2.05, 4.69) is 138 Å². The van der Waals surface area contributed by atoms with Gasteiger partial charge in [-0.1, -0.05) is 180 Å². The number of para-hydroxylation sites is 2. The number of rotatable bonds is 10. The zero-order valence-corrected chi connectivity index (χ0v) is 39.1. The summed E-state index contributed by atoms with van der Waals surface area (Å²) in [6.45, 7) is 19.9. The molecule has 0 amide bonds. The predicted octanol–water partition coefficient (Wildman–Crippen LogP) is 15.2. The molecule has 0 bridgehead atoms. The molecule has 2 nitrogen and oxygen atoms in total. The first-order valence-corrected chi connectivity index (χ1v) is 25.0. The molecule has 3 aromatic carbocycles. The van der Waals surface area contributed by atoms with Gasteiger partial charge >= 0.3 is 0 Å². The fourth-order valence-corrected chi connectivity index (χ4v) is 18.5. The Bertz CT molecular complexity index is 1680. The second kappa shape index (κ2) is 19.3. The molecule has 0 aromatic heterocycles. The van der Waals surface area contributed by atoms with Crippen LogP contribution in [-0.4, -0.2) is 35.9 Å². The van der Waals surface area contributed by atoms with Gasteiger partial charge in [0.2, 0.25) is 0 Å². The summed E-state index contributed by atoms with van der Waals surface area (Å²) in [5.74, 6) is 6.51. The smallest absolute Gasteiger partial charge is 0.113 e. The summed E-state index contributed by atoms with van der Waals surface area (Å²) in [6.07, 6.45) is 19.7. The van der Waals surface area contributed by atoms with E-state index in [0.717, 1.165) is 24.4 Å². The van der Waals surface area contributed by atoms with E-state index < -0.39 is 6.89 Å². The maximum Gasteiger partial charge on any atom is 0.113 e. The molecule has 1 saturated heterocycles. The van der Waals surface area contributed by atoms with Crippen LogP contribution in [0.3, 0.4) is 0 Å². The van der Waals surface area contributed by atoms with Gasteiger partial charge in [-0.05, 0) is 113 Å². The molecule has 0 N–H and O–H groups in total. The van der Waals surface area contributed by atoms with Crippen molar-refractivity contribution >= 4 is 24.1 Å². The summed E-state index contributed by atoms with van der Waals surface area (Å²) in [7, 11) is 0. The van der Waals surface area contributed by atoms with Crippen LogP contribution in [0.25, 0.3) is 0 Å². The van der Waals surface area contributed by atoms with E-state index in [1.165, 1.54) is 129 Å². The summed E-state index contributed by atoms with van der Waals surface area (Å²) >= 11 is 0.